The van der Waals surface area contributed by atoms with Crippen molar-refractivity contribution < 1.29 is 13.7 Å². The molecule has 0 atom stereocenters. The van der Waals surface area contributed by atoms with Gasteiger partial charge in [0.05, 0.1) is 39.0 Å². The first-order valence-electron chi connectivity index (χ1n) is 5.34. The number of nitrogens with zero attached hydrogens (tertiary/aromatic N) is 1. The highest BCUT2D eigenvalue weighted by Gasteiger charge is 2.15. The molecule has 0 saturated carbocycles. The predicted molar refractivity (Wildman–Crippen MR) is 67.9 cm³/mol. The van der Waals surface area contributed by atoms with E-state index in [-0.39, 0.29) is 5.12 Å². The minimum absolute atomic E-state index is 0.114. The second-order valence-electron chi connectivity index (χ2n) is 4.98. The summed E-state index contributed by atoms with van der Waals surface area (Å²) in [7, 11) is 6.37. The Balaban J connectivity index is 2.51. The van der Waals surface area contributed by atoms with E-state index >= 15 is 0 Å². The van der Waals surface area contributed by atoms with Gasteiger partial charge in [0.15, 0.2) is 0 Å². The van der Waals surface area contributed by atoms with Gasteiger partial charge in [-0.25, -0.2) is 0 Å². The maximum absolute atomic E-state index is 11.9. The average molecular weight is 242 g/mol. The Morgan fingerprint density at radius 2 is 2.00 bits per heavy atom. The van der Waals surface area contributed by atoms with Crippen LogP contribution in [0.1, 0.15) is 21.9 Å². The van der Waals surface area contributed by atoms with Crippen molar-refractivity contribution in [2.24, 2.45) is 0 Å². The molecule has 90 valence electrons. The van der Waals surface area contributed by atoms with Crippen LogP contribution in [-0.2, 0) is 0 Å². The fourth-order valence-electron chi connectivity index (χ4n) is 1.32. The molecule has 0 aliphatic rings. The van der Waals surface area contributed by atoms with Crippen LogP contribution < -0.4 is 0 Å². The maximum Gasteiger partial charge on any atom is 0.223 e. The lowest BCUT2D eigenvalue weighted by Gasteiger charge is -2.23. The zero-order chi connectivity index (χ0) is 12.3. The van der Waals surface area contributed by atoms with E-state index in [2.05, 4.69) is 21.1 Å². The van der Waals surface area contributed by atoms with Crippen LogP contribution in [0.25, 0.3) is 0 Å². The molecule has 0 bridgehead atoms. The first-order valence-corrected chi connectivity index (χ1v) is 6.33. The van der Waals surface area contributed by atoms with Crippen LogP contribution in [0.15, 0.2) is 10.5 Å². The fraction of sp³-hybridized carbons (Fsp3) is 0.583. The zero-order valence-corrected chi connectivity index (χ0v) is 11.5. The van der Waals surface area contributed by atoms with Crippen molar-refractivity contribution in [1.29, 1.82) is 0 Å². The van der Waals surface area contributed by atoms with Crippen molar-refractivity contribution in [1.82, 2.24) is 0 Å². The molecule has 0 unspecified atom stereocenters. The van der Waals surface area contributed by atoms with Crippen LogP contribution in [0.5, 0.6) is 0 Å². The summed E-state index contributed by atoms with van der Waals surface area (Å²) in [5, 5.41) is 0.114. The van der Waals surface area contributed by atoms with E-state index in [4.69, 9.17) is 4.42 Å². The van der Waals surface area contributed by atoms with Crippen LogP contribution in [0, 0.1) is 13.8 Å². The summed E-state index contributed by atoms with van der Waals surface area (Å²) in [5.41, 5.74) is 0.712. The van der Waals surface area contributed by atoms with Crippen LogP contribution in [0.4, 0.5) is 0 Å². The lowest BCUT2D eigenvalue weighted by atomic mass is 10.3. The Kier molecular flexibility index (Phi) is 4.21. The molecular weight excluding hydrogens is 222 g/mol. The van der Waals surface area contributed by atoms with Crippen LogP contribution >= 0.6 is 11.8 Å². The number of aryl methyl sites for hydroxylation is 2. The molecule has 0 radical (unpaired) electrons. The molecule has 1 rings (SSSR count). The average Bonchev–Trinajstić information content (AvgIpc) is 2.43. The third kappa shape index (κ3) is 4.02. The standard InChI is InChI=1S/C12H20NO2S/c1-9-8-11(10(2)15-9)12(14)16-7-6-13(3,4)5/h8H,6-7H2,1-5H3/q+1. The zero-order valence-electron chi connectivity index (χ0n) is 10.7. The molecule has 0 amide bonds. The molecule has 0 fully saturated rings. The van der Waals surface area contributed by atoms with Crippen molar-refractivity contribution >= 4 is 16.9 Å². The number of carbonyl (C=O) groups is 1. The van der Waals surface area contributed by atoms with Gasteiger partial charge in [0.25, 0.3) is 0 Å². The van der Waals surface area contributed by atoms with E-state index in [0.29, 0.717) is 5.56 Å². The summed E-state index contributed by atoms with van der Waals surface area (Å²) in [6, 6.07) is 1.82. The minimum Gasteiger partial charge on any atom is -0.466 e. The van der Waals surface area contributed by atoms with Gasteiger partial charge in [-0.05, 0) is 19.9 Å². The molecule has 3 nitrogen and oxygen atoms in total. The van der Waals surface area contributed by atoms with E-state index in [9.17, 15) is 4.79 Å². The highest BCUT2D eigenvalue weighted by molar-refractivity contribution is 8.14. The molecule has 16 heavy (non-hydrogen) atoms. The molecular formula is C12H20NO2S+. The van der Waals surface area contributed by atoms with Crippen LogP contribution in [-0.4, -0.2) is 43.0 Å². The van der Waals surface area contributed by atoms with Crippen molar-refractivity contribution in [3.63, 3.8) is 0 Å². The summed E-state index contributed by atoms with van der Waals surface area (Å²) < 4.78 is 6.22. The molecule has 0 N–H and O–H groups in total. The second kappa shape index (κ2) is 5.06. The fourth-order valence-corrected chi connectivity index (χ4v) is 2.51. The first-order chi connectivity index (χ1) is 7.29. The van der Waals surface area contributed by atoms with Crippen molar-refractivity contribution in [3.8, 4) is 0 Å². The van der Waals surface area contributed by atoms with Gasteiger partial charge in [-0.15, -0.1) is 0 Å². The van der Waals surface area contributed by atoms with Gasteiger partial charge in [0, 0.05) is 0 Å². The summed E-state index contributed by atoms with van der Waals surface area (Å²) in [6.07, 6.45) is 0. The Morgan fingerprint density at radius 1 is 1.38 bits per heavy atom. The van der Waals surface area contributed by atoms with E-state index < -0.39 is 0 Å². The normalized spacial score (nSPS) is 11.8. The third-order valence-corrected chi connectivity index (χ3v) is 3.12. The Hall–Kier alpha value is -0.740. The van der Waals surface area contributed by atoms with E-state index in [1.807, 2.05) is 19.9 Å². The van der Waals surface area contributed by atoms with Gasteiger partial charge >= 0.3 is 0 Å². The van der Waals surface area contributed by atoms with E-state index in [1.165, 1.54) is 11.8 Å². The van der Waals surface area contributed by atoms with Gasteiger partial charge in [-0.2, -0.15) is 0 Å². The number of thioether (sulfide) groups is 1. The SMILES string of the molecule is Cc1cc(C(=O)SCC[N+](C)(C)C)c(C)o1. The van der Waals surface area contributed by atoms with Crippen LogP contribution in [0.3, 0.4) is 0 Å². The van der Waals surface area contributed by atoms with Crippen molar-refractivity contribution in [2.75, 3.05) is 33.4 Å². The van der Waals surface area contributed by atoms with Crippen LogP contribution in [0.2, 0.25) is 0 Å². The molecule has 1 aromatic rings. The monoisotopic (exact) mass is 242 g/mol. The Labute approximate surface area is 101 Å². The van der Waals surface area contributed by atoms with E-state index in [1.54, 1.807) is 0 Å². The summed E-state index contributed by atoms with van der Waals surface area (Å²) in [5.74, 6) is 2.36. The molecule has 0 aliphatic carbocycles. The smallest absolute Gasteiger partial charge is 0.223 e. The van der Waals surface area contributed by atoms with Crippen molar-refractivity contribution in [3.05, 3.63) is 23.2 Å². The second-order valence-corrected chi connectivity index (χ2v) is 6.04. The van der Waals surface area contributed by atoms with Gasteiger partial charge in [0.1, 0.15) is 11.5 Å². The Bertz CT molecular complexity index is 377. The van der Waals surface area contributed by atoms with Gasteiger partial charge < -0.3 is 8.90 Å². The summed E-state index contributed by atoms with van der Waals surface area (Å²) in [4.78, 5) is 11.9. The number of rotatable bonds is 4. The lowest BCUT2D eigenvalue weighted by Crippen LogP contribution is -2.36. The summed E-state index contributed by atoms with van der Waals surface area (Å²) >= 11 is 1.37. The molecule has 1 heterocycles. The summed E-state index contributed by atoms with van der Waals surface area (Å²) in [6.45, 7) is 4.67. The predicted octanol–water partition coefficient (Wildman–Crippen LogP) is 2.48. The number of quaternary nitrogens is 1. The van der Waals surface area contributed by atoms with Gasteiger partial charge in [-0.1, -0.05) is 11.8 Å². The molecule has 0 spiro atoms. The first kappa shape index (κ1) is 13.3. The molecule has 0 aliphatic heterocycles. The number of carbonyl (C=O) groups excluding carboxylic acids is 1. The molecule has 4 heteroatoms. The quantitative estimate of drug-likeness (QED) is 0.760. The minimum atomic E-state index is 0.114. The molecule has 0 aromatic carbocycles. The highest BCUT2D eigenvalue weighted by atomic mass is 32.2. The Morgan fingerprint density at radius 3 is 2.44 bits per heavy atom. The molecule has 1 aromatic heterocycles. The topological polar surface area (TPSA) is 30.2 Å². The number of hydrogen-bond acceptors (Lipinski definition) is 3. The lowest BCUT2D eigenvalue weighted by molar-refractivity contribution is -0.867. The molecule has 0 saturated heterocycles. The van der Waals surface area contributed by atoms with Crippen molar-refractivity contribution in [2.45, 2.75) is 13.8 Å². The third-order valence-electron chi connectivity index (χ3n) is 2.26. The van der Waals surface area contributed by atoms with Gasteiger partial charge in [-0.3, -0.25) is 4.79 Å². The number of furan rings is 1. The maximum atomic E-state index is 11.9. The van der Waals surface area contributed by atoms with E-state index in [0.717, 1.165) is 28.3 Å². The highest BCUT2D eigenvalue weighted by Crippen LogP contribution is 2.20. The number of hydrogen-bond donors (Lipinski definition) is 0. The van der Waals surface area contributed by atoms with Gasteiger partial charge in [0.2, 0.25) is 5.12 Å². The largest absolute Gasteiger partial charge is 0.466 e.